The molecule has 5 rings (SSSR count). The second-order valence-corrected chi connectivity index (χ2v) is 10.2. The van der Waals surface area contributed by atoms with Gasteiger partial charge >= 0.3 is 0 Å². The smallest absolute Gasteiger partial charge is 0.166 e. The Kier molecular flexibility index (Phi) is 3.43. The highest BCUT2D eigenvalue weighted by Gasteiger charge is 2.52. The van der Waals surface area contributed by atoms with E-state index in [4.69, 9.17) is 0 Å². The molecule has 3 aliphatic heterocycles. The van der Waals surface area contributed by atoms with Gasteiger partial charge in [-0.05, 0) is 17.5 Å². The fourth-order valence-corrected chi connectivity index (χ4v) is 8.27. The maximum Gasteiger partial charge on any atom is 0.166 e. The first-order valence-electron chi connectivity index (χ1n) is 8.74. The molecule has 4 aliphatic rings. The third kappa shape index (κ3) is 2.08. The molecule has 4 heteroatoms. The number of carbonyl (C=O) groups is 1. The first-order chi connectivity index (χ1) is 11.7. The molecule has 0 N–H and O–H groups in total. The minimum atomic E-state index is -0.0151. The van der Waals surface area contributed by atoms with Crippen molar-refractivity contribution < 1.29 is 4.79 Å². The Morgan fingerprint density at radius 1 is 1.17 bits per heavy atom. The molecule has 0 saturated carbocycles. The Bertz CT molecular complexity index is 776. The molecule has 1 atom stereocenters. The topological polar surface area (TPSA) is 20.3 Å². The summed E-state index contributed by atoms with van der Waals surface area (Å²) in [5, 5.41) is 0. The van der Waals surface area contributed by atoms with Gasteiger partial charge in [0.05, 0.1) is 10.1 Å². The van der Waals surface area contributed by atoms with Gasteiger partial charge in [0.1, 0.15) is 0 Å². The fourth-order valence-electron chi connectivity index (χ4n) is 4.81. The lowest BCUT2D eigenvalue weighted by molar-refractivity contribution is -0.115. The normalized spacial score (nSPS) is 28.0. The molecular formula is C20H21NOS2. The largest absolute Gasteiger partial charge is 0.367 e. The predicted octanol–water partition coefficient (Wildman–Crippen LogP) is 4.34. The van der Waals surface area contributed by atoms with Gasteiger partial charge in [0.15, 0.2) is 5.78 Å². The molecule has 2 nitrogen and oxygen atoms in total. The summed E-state index contributed by atoms with van der Waals surface area (Å²) in [7, 11) is 0. The standard InChI is InChI=1S/C20H21NOS2/c1-13-10-16-19(18(22)11-13)20(23-8-9-24-20)12-17-15-5-3-2-4-14(15)6-7-21(16)17/h2-5,17H,1,6-12H2. The second-order valence-electron chi connectivity index (χ2n) is 7.16. The van der Waals surface area contributed by atoms with Crippen molar-refractivity contribution in [3.63, 3.8) is 0 Å². The van der Waals surface area contributed by atoms with Gasteiger partial charge in [0, 0.05) is 48.6 Å². The van der Waals surface area contributed by atoms with Crippen molar-refractivity contribution >= 4 is 29.3 Å². The highest BCUT2D eigenvalue weighted by Crippen LogP contribution is 2.61. The molecule has 1 saturated heterocycles. The number of hydrogen-bond donors (Lipinski definition) is 0. The SMILES string of the molecule is C=C1CC(=O)C2=C(C1)N1CCc3ccccc3C1CC21SCCS1. The molecule has 1 aromatic rings. The van der Waals surface area contributed by atoms with E-state index in [2.05, 4.69) is 35.7 Å². The van der Waals surface area contributed by atoms with E-state index < -0.39 is 0 Å². The number of hydrogen-bond acceptors (Lipinski definition) is 4. The van der Waals surface area contributed by atoms with Gasteiger partial charge in [0.25, 0.3) is 0 Å². The minimum absolute atomic E-state index is 0.0151. The van der Waals surface area contributed by atoms with E-state index in [0.29, 0.717) is 18.2 Å². The molecule has 1 aromatic carbocycles. The van der Waals surface area contributed by atoms with Crippen LogP contribution in [0.25, 0.3) is 0 Å². The van der Waals surface area contributed by atoms with E-state index in [-0.39, 0.29) is 4.08 Å². The minimum Gasteiger partial charge on any atom is -0.367 e. The molecule has 3 heterocycles. The number of thioether (sulfide) groups is 2. The number of rotatable bonds is 0. The van der Waals surface area contributed by atoms with Crippen LogP contribution in [0.1, 0.15) is 36.4 Å². The average molecular weight is 356 g/mol. The van der Waals surface area contributed by atoms with Crippen molar-refractivity contribution in [1.82, 2.24) is 4.90 Å². The van der Waals surface area contributed by atoms with Crippen LogP contribution in [0.3, 0.4) is 0 Å². The molecule has 24 heavy (non-hydrogen) atoms. The fraction of sp³-hybridized carbons (Fsp3) is 0.450. The Morgan fingerprint density at radius 2 is 1.96 bits per heavy atom. The highest BCUT2D eigenvalue weighted by atomic mass is 32.2. The summed E-state index contributed by atoms with van der Waals surface area (Å²) in [5.74, 6) is 2.65. The van der Waals surface area contributed by atoms with E-state index in [1.165, 1.54) is 16.8 Å². The molecule has 1 unspecified atom stereocenters. The Hall–Kier alpha value is -1.13. The van der Waals surface area contributed by atoms with E-state index in [1.54, 1.807) is 0 Å². The van der Waals surface area contributed by atoms with E-state index >= 15 is 0 Å². The lowest BCUT2D eigenvalue weighted by atomic mass is 9.78. The van der Waals surface area contributed by atoms with Crippen molar-refractivity contribution in [3.8, 4) is 0 Å². The third-order valence-electron chi connectivity index (χ3n) is 5.75. The van der Waals surface area contributed by atoms with Gasteiger partial charge in [-0.25, -0.2) is 0 Å². The number of carbonyl (C=O) groups excluding carboxylic acids is 1. The zero-order valence-corrected chi connectivity index (χ0v) is 15.3. The van der Waals surface area contributed by atoms with Crippen LogP contribution in [0.2, 0.25) is 0 Å². The van der Waals surface area contributed by atoms with Crippen LogP contribution in [-0.4, -0.2) is 32.8 Å². The Balaban J connectivity index is 1.69. The average Bonchev–Trinajstić information content (AvgIpc) is 3.03. The van der Waals surface area contributed by atoms with E-state index in [1.807, 2.05) is 23.5 Å². The highest BCUT2D eigenvalue weighted by molar-refractivity contribution is 8.21. The number of ketones is 1. The van der Waals surface area contributed by atoms with Crippen LogP contribution < -0.4 is 0 Å². The summed E-state index contributed by atoms with van der Waals surface area (Å²) >= 11 is 4.03. The van der Waals surface area contributed by atoms with Crippen molar-refractivity contribution in [2.24, 2.45) is 0 Å². The molecule has 124 valence electrons. The predicted molar refractivity (Wildman–Crippen MR) is 102 cm³/mol. The molecule has 0 aromatic heterocycles. The van der Waals surface area contributed by atoms with Crippen LogP contribution in [0.5, 0.6) is 0 Å². The molecule has 0 radical (unpaired) electrons. The van der Waals surface area contributed by atoms with Crippen molar-refractivity contribution in [1.29, 1.82) is 0 Å². The number of Topliss-reactive ketones (excluding diaryl/α,β-unsaturated/α-hetero) is 1. The van der Waals surface area contributed by atoms with Crippen LogP contribution in [0, 0.1) is 0 Å². The lowest BCUT2D eigenvalue weighted by Crippen LogP contribution is -2.47. The molecule has 0 bridgehead atoms. The van der Waals surface area contributed by atoms with Gasteiger partial charge in [-0.2, -0.15) is 0 Å². The number of allylic oxidation sites excluding steroid dienone is 1. The summed E-state index contributed by atoms with van der Waals surface area (Å²) in [6.45, 7) is 5.19. The van der Waals surface area contributed by atoms with Crippen LogP contribution >= 0.6 is 23.5 Å². The summed E-state index contributed by atoms with van der Waals surface area (Å²) in [6, 6.07) is 9.32. The quantitative estimate of drug-likeness (QED) is 0.645. The number of nitrogens with zero attached hydrogens (tertiary/aromatic N) is 1. The lowest BCUT2D eigenvalue weighted by Gasteiger charge is -2.51. The Morgan fingerprint density at radius 3 is 2.79 bits per heavy atom. The van der Waals surface area contributed by atoms with Gasteiger partial charge < -0.3 is 4.90 Å². The number of fused-ring (bicyclic) bond motifs is 5. The van der Waals surface area contributed by atoms with Crippen molar-refractivity contribution in [2.45, 2.75) is 35.8 Å². The van der Waals surface area contributed by atoms with Crippen LogP contribution in [0.15, 0.2) is 47.7 Å². The van der Waals surface area contributed by atoms with E-state index in [9.17, 15) is 4.79 Å². The summed E-state index contributed by atoms with van der Waals surface area (Å²) in [4.78, 5) is 15.5. The van der Waals surface area contributed by atoms with Gasteiger partial charge in [-0.1, -0.05) is 36.4 Å². The zero-order valence-electron chi connectivity index (χ0n) is 13.7. The molecule has 1 aliphatic carbocycles. The van der Waals surface area contributed by atoms with Gasteiger partial charge in [-0.3, -0.25) is 4.79 Å². The van der Waals surface area contributed by atoms with Crippen molar-refractivity contribution in [2.75, 3.05) is 18.1 Å². The Labute approximate surface area is 151 Å². The summed E-state index contributed by atoms with van der Waals surface area (Å²) in [6.07, 6.45) is 3.59. The maximum atomic E-state index is 12.9. The summed E-state index contributed by atoms with van der Waals surface area (Å²) < 4.78 is -0.0151. The zero-order chi connectivity index (χ0) is 16.3. The number of benzene rings is 1. The first kappa shape index (κ1) is 15.2. The molecular weight excluding hydrogens is 334 g/mol. The van der Waals surface area contributed by atoms with E-state index in [0.717, 1.165) is 48.5 Å². The molecule has 1 fully saturated rings. The summed E-state index contributed by atoms with van der Waals surface area (Å²) in [5.41, 5.74) is 6.49. The monoisotopic (exact) mass is 355 g/mol. The van der Waals surface area contributed by atoms with Gasteiger partial charge in [0.2, 0.25) is 0 Å². The second kappa shape index (κ2) is 5.43. The first-order valence-corrected chi connectivity index (χ1v) is 10.7. The maximum absolute atomic E-state index is 12.9. The third-order valence-corrected chi connectivity index (χ3v) is 9.21. The molecule has 1 spiro atoms. The van der Waals surface area contributed by atoms with Gasteiger partial charge in [-0.15, -0.1) is 23.5 Å². The van der Waals surface area contributed by atoms with Crippen LogP contribution in [-0.2, 0) is 11.2 Å². The molecule has 0 amide bonds. The van der Waals surface area contributed by atoms with Crippen molar-refractivity contribution in [3.05, 3.63) is 58.8 Å². The van der Waals surface area contributed by atoms with Crippen LogP contribution in [0.4, 0.5) is 0 Å².